The first kappa shape index (κ1) is 21.1. The molecule has 1 aromatic heterocycles. The largest absolute Gasteiger partial charge is 0.378 e. The number of aromatic nitrogens is 3. The van der Waals surface area contributed by atoms with Crippen molar-refractivity contribution in [3.05, 3.63) is 11.9 Å². The monoisotopic (exact) mass is 425 g/mol. The molecule has 8 nitrogen and oxygen atoms in total. The molecule has 2 amide bonds. The van der Waals surface area contributed by atoms with Gasteiger partial charge in [0.05, 0.1) is 38.5 Å². The molecule has 0 bridgehead atoms. The summed E-state index contributed by atoms with van der Waals surface area (Å²) < 4.78 is 34.9. The maximum atomic E-state index is 14.2. The lowest BCUT2D eigenvalue weighted by molar-refractivity contribution is -0.134. The highest BCUT2D eigenvalue weighted by Gasteiger charge is 2.47. The van der Waals surface area contributed by atoms with Crippen LogP contribution in [0.2, 0.25) is 0 Å². The molecule has 3 heterocycles. The first-order chi connectivity index (χ1) is 14.4. The second-order valence-electron chi connectivity index (χ2n) is 8.67. The van der Waals surface area contributed by atoms with E-state index in [2.05, 4.69) is 10.3 Å². The lowest BCUT2D eigenvalue weighted by atomic mass is 9.86. The third-order valence-corrected chi connectivity index (χ3v) is 6.34. The Hall–Kier alpha value is -2.10. The molecule has 1 saturated carbocycles. The van der Waals surface area contributed by atoms with Gasteiger partial charge < -0.3 is 14.5 Å². The van der Waals surface area contributed by atoms with Crippen LogP contribution in [0.25, 0.3) is 0 Å². The second kappa shape index (κ2) is 8.95. The van der Waals surface area contributed by atoms with Crippen molar-refractivity contribution >= 4 is 11.8 Å². The van der Waals surface area contributed by atoms with E-state index >= 15 is 0 Å². The minimum absolute atomic E-state index is 0.107. The molecule has 30 heavy (non-hydrogen) atoms. The Morgan fingerprint density at radius 3 is 2.63 bits per heavy atom. The summed E-state index contributed by atoms with van der Waals surface area (Å²) in [4.78, 5) is 28.3. The van der Waals surface area contributed by atoms with Gasteiger partial charge in [-0.15, -0.1) is 5.10 Å². The van der Waals surface area contributed by atoms with Crippen LogP contribution in [0.15, 0.2) is 6.20 Å². The van der Waals surface area contributed by atoms with E-state index in [1.54, 1.807) is 4.90 Å². The third-order valence-electron chi connectivity index (χ3n) is 6.34. The third kappa shape index (κ3) is 4.96. The van der Waals surface area contributed by atoms with Gasteiger partial charge >= 0.3 is 0 Å². The van der Waals surface area contributed by atoms with Gasteiger partial charge in [0.15, 0.2) is 5.69 Å². The van der Waals surface area contributed by atoms with Gasteiger partial charge in [0.2, 0.25) is 5.91 Å². The minimum Gasteiger partial charge on any atom is -0.378 e. The van der Waals surface area contributed by atoms with Gasteiger partial charge in [-0.2, -0.15) is 0 Å². The van der Waals surface area contributed by atoms with E-state index in [1.807, 2.05) is 0 Å². The zero-order chi connectivity index (χ0) is 21.1. The van der Waals surface area contributed by atoms with Crippen molar-refractivity contribution in [2.45, 2.75) is 63.5 Å². The topological polar surface area (TPSA) is 80.6 Å². The van der Waals surface area contributed by atoms with Gasteiger partial charge in [-0.05, 0) is 18.8 Å². The van der Waals surface area contributed by atoms with Crippen molar-refractivity contribution in [2.24, 2.45) is 5.92 Å². The number of halogens is 2. The molecule has 0 radical (unpaired) electrons. The summed E-state index contributed by atoms with van der Waals surface area (Å²) in [5, 5.41) is 7.88. The Kier molecular flexibility index (Phi) is 6.31. The molecule has 0 spiro atoms. The summed E-state index contributed by atoms with van der Waals surface area (Å²) in [6.45, 7) is 1.51. The fraction of sp³-hybridized carbons (Fsp3) is 0.800. The number of carbonyl (C=O) groups excluding carboxylic acids is 2. The van der Waals surface area contributed by atoms with Gasteiger partial charge in [-0.1, -0.05) is 24.5 Å². The summed E-state index contributed by atoms with van der Waals surface area (Å²) in [6.07, 6.45) is 6.83. The molecule has 3 aliphatic rings. The first-order valence-corrected chi connectivity index (χ1v) is 10.9. The fourth-order valence-corrected chi connectivity index (χ4v) is 4.74. The van der Waals surface area contributed by atoms with Crippen LogP contribution >= 0.6 is 0 Å². The lowest BCUT2D eigenvalue weighted by Gasteiger charge is -2.27. The highest BCUT2D eigenvalue weighted by Crippen LogP contribution is 2.35. The number of morpholine rings is 1. The molecule has 0 aromatic carbocycles. The molecule has 166 valence electrons. The van der Waals surface area contributed by atoms with E-state index in [1.165, 1.54) is 22.2 Å². The molecule has 10 heteroatoms. The van der Waals surface area contributed by atoms with Crippen LogP contribution in [0.1, 0.15) is 55.4 Å². The van der Waals surface area contributed by atoms with Crippen LogP contribution in [-0.2, 0) is 16.1 Å². The summed E-state index contributed by atoms with van der Waals surface area (Å²) in [5.41, 5.74) is 0.182. The standard InChI is InChI=1S/C20H29F2N5O3/c21-20(22)11-16(27(14-20)18(28)10-15-4-2-1-3-5-15)12-26-13-17(23-24-26)19(29)25-6-8-30-9-7-25/h13,15-16H,1-12,14H2/t16-/m0/s1. The van der Waals surface area contributed by atoms with Gasteiger partial charge in [-0.25, -0.2) is 13.5 Å². The van der Waals surface area contributed by atoms with Crippen molar-refractivity contribution in [2.75, 3.05) is 32.8 Å². The van der Waals surface area contributed by atoms with Crippen LogP contribution in [0, 0.1) is 5.92 Å². The fourth-order valence-electron chi connectivity index (χ4n) is 4.74. The number of likely N-dealkylation sites (tertiary alicyclic amines) is 1. The number of alkyl halides is 2. The molecule has 1 aliphatic carbocycles. The van der Waals surface area contributed by atoms with Gasteiger partial charge in [0, 0.05) is 25.9 Å². The molecule has 1 aromatic rings. The molecule has 0 unspecified atom stereocenters. The molecule has 1 atom stereocenters. The predicted molar refractivity (Wildman–Crippen MR) is 103 cm³/mol. The molecule has 4 rings (SSSR count). The Bertz CT molecular complexity index is 759. The van der Waals surface area contributed by atoms with Crippen LogP contribution in [-0.4, -0.2) is 81.4 Å². The highest BCUT2D eigenvalue weighted by molar-refractivity contribution is 5.92. The summed E-state index contributed by atoms with van der Waals surface area (Å²) in [7, 11) is 0. The molecular formula is C20H29F2N5O3. The van der Waals surface area contributed by atoms with Gasteiger partial charge in [0.1, 0.15) is 0 Å². The average molecular weight is 425 g/mol. The van der Waals surface area contributed by atoms with Gasteiger partial charge in [-0.3, -0.25) is 9.59 Å². The van der Waals surface area contributed by atoms with Crippen molar-refractivity contribution in [3.8, 4) is 0 Å². The maximum absolute atomic E-state index is 14.2. The van der Waals surface area contributed by atoms with E-state index in [0.717, 1.165) is 25.7 Å². The Morgan fingerprint density at radius 2 is 1.90 bits per heavy atom. The van der Waals surface area contributed by atoms with Crippen molar-refractivity contribution in [1.29, 1.82) is 0 Å². The van der Waals surface area contributed by atoms with E-state index < -0.39 is 24.9 Å². The molecule has 3 fully saturated rings. The minimum atomic E-state index is -2.90. The van der Waals surface area contributed by atoms with Crippen molar-refractivity contribution < 1.29 is 23.1 Å². The average Bonchev–Trinajstić information content (AvgIpc) is 3.32. The zero-order valence-corrected chi connectivity index (χ0v) is 17.1. The summed E-state index contributed by atoms with van der Waals surface area (Å²) in [6, 6.07) is -0.649. The lowest BCUT2D eigenvalue weighted by Crippen LogP contribution is -2.41. The molecular weight excluding hydrogens is 396 g/mol. The number of ether oxygens (including phenoxy) is 1. The van der Waals surface area contributed by atoms with Crippen molar-refractivity contribution in [1.82, 2.24) is 24.8 Å². The Balaban J connectivity index is 1.39. The Labute approximate surface area is 174 Å². The smallest absolute Gasteiger partial charge is 0.276 e. The number of rotatable bonds is 5. The van der Waals surface area contributed by atoms with E-state index in [-0.39, 0.29) is 24.1 Å². The van der Waals surface area contributed by atoms with Crippen molar-refractivity contribution in [3.63, 3.8) is 0 Å². The van der Waals surface area contributed by atoms with Gasteiger partial charge in [0.25, 0.3) is 11.8 Å². The quantitative estimate of drug-likeness (QED) is 0.721. The van der Waals surface area contributed by atoms with Crippen LogP contribution in [0.5, 0.6) is 0 Å². The first-order valence-electron chi connectivity index (χ1n) is 10.9. The van der Waals surface area contributed by atoms with E-state index in [4.69, 9.17) is 4.74 Å². The predicted octanol–water partition coefficient (Wildman–Crippen LogP) is 1.96. The van der Waals surface area contributed by atoms with E-state index in [9.17, 15) is 18.4 Å². The summed E-state index contributed by atoms with van der Waals surface area (Å²) >= 11 is 0. The maximum Gasteiger partial charge on any atom is 0.276 e. The highest BCUT2D eigenvalue weighted by atomic mass is 19.3. The zero-order valence-electron chi connectivity index (χ0n) is 17.1. The van der Waals surface area contributed by atoms with Crippen LogP contribution < -0.4 is 0 Å². The Morgan fingerprint density at radius 1 is 1.17 bits per heavy atom. The number of carbonyl (C=O) groups is 2. The van der Waals surface area contributed by atoms with Crippen LogP contribution in [0.4, 0.5) is 8.78 Å². The summed E-state index contributed by atoms with van der Waals surface area (Å²) in [5.74, 6) is -3.05. The number of hydrogen-bond acceptors (Lipinski definition) is 5. The second-order valence-corrected chi connectivity index (χ2v) is 8.67. The van der Waals surface area contributed by atoms with E-state index in [0.29, 0.717) is 38.6 Å². The molecule has 2 aliphatic heterocycles. The normalized spacial score (nSPS) is 24.9. The number of nitrogens with zero attached hydrogens (tertiary/aromatic N) is 5. The van der Waals surface area contributed by atoms with Crippen LogP contribution in [0.3, 0.4) is 0 Å². The SMILES string of the molecule is O=C(c1cn(C[C@@H]2CC(F)(F)CN2C(=O)CC2CCCCC2)nn1)N1CCOCC1. The molecule has 0 N–H and O–H groups in total. The number of amides is 2. The molecule has 2 saturated heterocycles. The number of hydrogen-bond donors (Lipinski definition) is 0.